The van der Waals surface area contributed by atoms with Gasteiger partial charge in [-0.3, -0.25) is 10.2 Å². The van der Waals surface area contributed by atoms with Gasteiger partial charge in [-0.25, -0.2) is 0 Å². The van der Waals surface area contributed by atoms with E-state index < -0.39 is 12.1 Å². The number of phenols is 1. The number of nitrogens with two attached hydrogens (primary N) is 1. The summed E-state index contributed by atoms with van der Waals surface area (Å²) in [6, 6.07) is 10.8. The number of nitrogen functional groups attached to an aromatic ring is 1. The van der Waals surface area contributed by atoms with E-state index in [9.17, 15) is 23.1 Å². The van der Waals surface area contributed by atoms with Crippen LogP contribution in [0, 0.1) is 5.41 Å². The van der Waals surface area contributed by atoms with Crippen molar-refractivity contribution in [3.05, 3.63) is 59.2 Å². The second-order valence-electron chi connectivity index (χ2n) is 8.11. The summed E-state index contributed by atoms with van der Waals surface area (Å²) in [5.74, 6) is -2.15. The Kier molecular flexibility index (Phi) is 6.80. The number of carbonyl (C=O) groups is 1. The van der Waals surface area contributed by atoms with Crippen LogP contribution in [0.15, 0.2) is 42.5 Å². The molecule has 162 valence electrons. The van der Waals surface area contributed by atoms with Crippen molar-refractivity contribution in [2.75, 3.05) is 11.4 Å². The van der Waals surface area contributed by atoms with Crippen molar-refractivity contribution < 1.29 is 23.1 Å². The Morgan fingerprint density at radius 2 is 1.70 bits per heavy atom. The zero-order chi connectivity index (χ0) is 22.7. The molecule has 2 rings (SSSR count). The van der Waals surface area contributed by atoms with Crippen LogP contribution in [0.5, 0.6) is 5.75 Å². The van der Waals surface area contributed by atoms with E-state index in [4.69, 9.17) is 11.1 Å². The third-order valence-corrected chi connectivity index (χ3v) is 4.75. The first-order chi connectivity index (χ1) is 13.8. The van der Waals surface area contributed by atoms with E-state index in [1.165, 1.54) is 30.3 Å². The van der Waals surface area contributed by atoms with Crippen LogP contribution in [0.2, 0.25) is 0 Å². The molecular formula is C22H26F3N3O2. The minimum atomic E-state index is -5.00. The molecule has 0 aromatic heterocycles. The molecule has 0 radical (unpaired) electrons. The van der Waals surface area contributed by atoms with Crippen LogP contribution in [-0.2, 0) is 16.6 Å². The highest BCUT2D eigenvalue weighted by Crippen LogP contribution is 2.28. The Morgan fingerprint density at radius 3 is 2.20 bits per heavy atom. The number of phenolic OH excluding ortho intramolecular Hbond substituents is 1. The summed E-state index contributed by atoms with van der Waals surface area (Å²) in [5.41, 5.74) is 7.23. The van der Waals surface area contributed by atoms with E-state index in [1.807, 2.05) is 20.8 Å². The van der Waals surface area contributed by atoms with Gasteiger partial charge in [0, 0.05) is 17.8 Å². The number of halogens is 3. The number of amides is 1. The van der Waals surface area contributed by atoms with Crippen molar-refractivity contribution >= 4 is 17.4 Å². The van der Waals surface area contributed by atoms with Crippen LogP contribution in [0.4, 0.5) is 18.9 Å². The Bertz CT molecular complexity index is 917. The molecule has 0 saturated heterocycles. The molecule has 0 heterocycles. The molecule has 30 heavy (non-hydrogen) atoms. The highest BCUT2D eigenvalue weighted by molar-refractivity contribution is 5.97. The molecule has 1 amide bonds. The van der Waals surface area contributed by atoms with Gasteiger partial charge >= 0.3 is 12.1 Å². The van der Waals surface area contributed by atoms with E-state index in [1.54, 1.807) is 12.1 Å². The fourth-order valence-electron chi connectivity index (χ4n) is 3.02. The van der Waals surface area contributed by atoms with Gasteiger partial charge in [0.25, 0.3) is 0 Å². The summed E-state index contributed by atoms with van der Waals surface area (Å²) < 4.78 is 39.4. The predicted molar refractivity (Wildman–Crippen MR) is 111 cm³/mol. The number of anilines is 1. The van der Waals surface area contributed by atoms with Gasteiger partial charge in [0.1, 0.15) is 11.6 Å². The lowest BCUT2D eigenvalue weighted by Gasteiger charge is -2.25. The van der Waals surface area contributed by atoms with Gasteiger partial charge in [-0.2, -0.15) is 13.2 Å². The maximum Gasteiger partial charge on any atom is 0.471 e. The maximum atomic E-state index is 13.1. The molecule has 0 unspecified atom stereocenters. The van der Waals surface area contributed by atoms with Crippen molar-refractivity contribution in [1.82, 2.24) is 0 Å². The monoisotopic (exact) mass is 421 g/mol. The number of carbonyl (C=O) groups excluding carboxylic acids is 1. The number of nitrogens with one attached hydrogen (secondary N) is 1. The number of aromatic hydroxyl groups is 1. The zero-order valence-electron chi connectivity index (χ0n) is 17.2. The molecular weight excluding hydrogens is 395 g/mol. The second kappa shape index (κ2) is 8.77. The predicted octanol–water partition coefficient (Wildman–Crippen LogP) is 4.50. The zero-order valence-corrected chi connectivity index (χ0v) is 17.2. The Labute approximate surface area is 173 Å². The third-order valence-electron chi connectivity index (χ3n) is 4.75. The summed E-state index contributed by atoms with van der Waals surface area (Å²) in [4.78, 5) is 12.7. The Hall–Kier alpha value is -3.03. The third kappa shape index (κ3) is 5.75. The van der Waals surface area contributed by atoms with Gasteiger partial charge in [-0.05, 0) is 59.7 Å². The Morgan fingerprint density at radius 1 is 1.10 bits per heavy atom. The Balaban J connectivity index is 2.22. The standard InChI is InChI=1S/C22H26F3N3O2/c1-21(2,3)16-7-9-17(10-8-16)28(20(30)22(23,24)25)12-4-5-14-13-15(19(26)27)6-11-18(14)29/h6-11,13,29H,4-5,12H2,1-3H3,(H3,26,27). The highest BCUT2D eigenvalue weighted by Gasteiger charge is 2.42. The number of alkyl halides is 3. The average Bonchev–Trinajstić information content (AvgIpc) is 2.64. The van der Waals surface area contributed by atoms with Crippen molar-refractivity contribution in [3.8, 4) is 5.75 Å². The van der Waals surface area contributed by atoms with Gasteiger partial charge < -0.3 is 15.7 Å². The summed E-state index contributed by atoms with van der Waals surface area (Å²) in [5, 5.41) is 17.4. The molecule has 0 bridgehead atoms. The minimum absolute atomic E-state index is 0.0387. The van der Waals surface area contributed by atoms with Crippen molar-refractivity contribution in [1.29, 1.82) is 5.41 Å². The van der Waals surface area contributed by atoms with Crippen LogP contribution >= 0.6 is 0 Å². The number of hydrogen-bond donors (Lipinski definition) is 3. The molecule has 0 aliphatic heterocycles. The number of hydrogen-bond acceptors (Lipinski definition) is 3. The lowest BCUT2D eigenvalue weighted by Crippen LogP contribution is -2.42. The minimum Gasteiger partial charge on any atom is -0.508 e. The normalized spacial score (nSPS) is 11.9. The molecule has 0 spiro atoms. The van der Waals surface area contributed by atoms with Crippen molar-refractivity contribution in [3.63, 3.8) is 0 Å². The molecule has 5 nitrogen and oxygen atoms in total. The summed E-state index contributed by atoms with van der Waals surface area (Å²) in [6.45, 7) is 5.78. The molecule has 4 N–H and O–H groups in total. The molecule has 0 atom stereocenters. The SMILES string of the molecule is CC(C)(C)c1ccc(N(CCCc2cc(C(=N)N)ccc2O)C(=O)C(F)(F)F)cc1. The molecule has 2 aromatic rings. The number of nitrogens with zero attached hydrogens (tertiary/aromatic N) is 1. The maximum absolute atomic E-state index is 13.1. The molecule has 0 fully saturated rings. The smallest absolute Gasteiger partial charge is 0.471 e. The van der Waals surface area contributed by atoms with Crippen LogP contribution < -0.4 is 10.6 Å². The van der Waals surface area contributed by atoms with Gasteiger partial charge in [0.15, 0.2) is 0 Å². The van der Waals surface area contributed by atoms with Crippen molar-refractivity contribution in [2.45, 2.75) is 45.2 Å². The van der Waals surface area contributed by atoms with Crippen LogP contribution in [0.1, 0.15) is 43.9 Å². The summed E-state index contributed by atoms with van der Waals surface area (Å²) >= 11 is 0. The molecule has 0 aliphatic rings. The lowest BCUT2D eigenvalue weighted by molar-refractivity contribution is -0.170. The summed E-state index contributed by atoms with van der Waals surface area (Å²) in [6.07, 6.45) is -4.61. The fourth-order valence-corrected chi connectivity index (χ4v) is 3.02. The van der Waals surface area contributed by atoms with E-state index >= 15 is 0 Å². The number of aryl methyl sites for hydroxylation is 1. The van der Waals surface area contributed by atoms with E-state index in [2.05, 4.69) is 0 Å². The highest BCUT2D eigenvalue weighted by atomic mass is 19.4. The largest absolute Gasteiger partial charge is 0.508 e. The van der Waals surface area contributed by atoms with Gasteiger partial charge in [0.05, 0.1) is 0 Å². The average molecular weight is 421 g/mol. The first-order valence-corrected chi connectivity index (χ1v) is 9.46. The summed E-state index contributed by atoms with van der Waals surface area (Å²) in [7, 11) is 0. The van der Waals surface area contributed by atoms with E-state index in [0.717, 1.165) is 5.56 Å². The first-order valence-electron chi connectivity index (χ1n) is 9.46. The fraction of sp³-hybridized carbons (Fsp3) is 0.364. The second-order valence-corrected chi connectivity index (χ2v) is 8.11. The van der Waals surface area contributed by atoms with Gasteiger partial charge in [-0.15, -0.1) is 0 Å². The number of benzene rings is 2. The first kappa shape index (κ1) is 23.3. The van der Waals surface area contributed by atoms with E-state index in [-0.39, 0.29) is 42.1 Å². The topological polar surface area (TPSA) is 90.4 Å². The molecule has 2 aromatic carbocycles. The lowest BCUT2D eigenvalue weighted by atomic mass is 9.87. The van der Waals surface area contributed by atoms with Crippen LogP contribution in [-0.4, -0.2) is 29.6 Å². The van der Waals surface area contributed by atoms with Crippen LogP contribution in [0.25, 0.3) is 0 Å². The molecule has 8 heteroatoms. The van der Waals surface area contributed by atoms with Crippen LogP contribution in [0.3, 0.4) is 0 Å². The number of amidine groups is 1. The van der Waals surface area contributed by atoms with E-state index in [0.29, 0.717) is 16.0 Å². The van der Waals surface area contributed by atoms with Gasteiger partial charge in [-0.1, -0.05) is 32.9 Å². The number of rotatable bonds is 6. The molecule has 0 saturated carbocycles. The van der Waals surface area contributed by atoms with Gasteiger partial charge in [0.2, 0.25) is 0 Å². The quantitative estimate of drug-likeness (QED) is 0.474. The van der Waals surface area contributed by atoms with Crippen molar-refractivity contribution in [2.24, 2.45) is 5.73 Å². The molecule has 0 aliphatic carbocycles.